The van der Waals surface area contributed by atoms with Crippen LogP contribution in [0.5, 0.6) is 0 Å². The standard InChI is InChI=1S/C23H28N4O/c1-16(2)22(19-9-8-12-24-14-19)15-25-23(28)13-21-17(3)26-27(18(21)4)20-10-6-5-7-11-20/h5-12,14,16,22H,13,15H2,1-4H3,(H,25,28)/t22-/m0/s1. The van der Waals surface area contributed by atoms with Crippen molar-refractivity contribution >= 4 is 5.91 Å². The van der Waals surface area contributed by atoms with Crippen LogP contribution in [0.2, 0.25) is 0 Å². The third-order valence-corrected chi connectivity index (χ3v) is 5.22. The monoisotopic (exact) mass is 376 g/mol. The minimum Gasteiger partial charge on any atom is -0.355 e. The number of benzene rings is 1. The van der Waals surface area contributed by atoms with Gasteiger partial charge in [0.2, 0.25) is 5.91 Å². The second-order valence-electron chi connectivity index (χ2n) is 7.51. The Bertz CT molecular complexity index is 917. The van der Waals surface area contributed by atoms with E-state index in [1.54, 1.807) is 6.20 Å². The molecule has 5 nitrogen and oxygen atoms in total. The summed E-state index contributed by atoms with van der Waals surface area (Å²) in [6.45, 7) is 8.92. The Kier molecular flexibility index (Phi) is 6.24. The van der Waals surface area contributed by atoms with Crippen LogP contribution in [0.4, 0.5) is 0 Å². The molecule has 0 unspecified atom stereocenters. The average molecular weight is 377 g/mol. The van der Waals surface area contributed by atoms with Crippen molar-refractivity contribution in [2.24, 2.45) is 5.92 Å². The van der Waals surface area contributed by atoms with Gasteiger partial charge in [0.15, 0.2) is 0 Å². The van der Waals surface area contributed by atoms with Crippen LogP contribution in [0, 0.1) is 19.8 Å². The molecule has 146 valence electrons. The van der Waals surface area contributed by atoms with Crippen molar-refractivity contribution < 1.29 is 4.79 Å². The zero-order valence-electron chi connectivity index (χ0n) is 17.0. The Morgan fingerprint density at radius 2 is 1.86 bits per heavy atom. The van der Waals surface area contributed by atoms with E-state index in [4.69, 9.17) is 0 Å². The Morgan fingerprint density at radius 1 is 1.11 bits per heavy atom. The molecule has 28 heavy (non-hydrogen) atoms. The van der Waals surface area contributed by atoms with Gasteiger partial charge in [0, 0.05) is 36.1 Å². The molecule has 0 bridgehead atoms. The molecule has 0 spiro atoms. The Labute approximate surface area is 166 Å². The van der Waals surface area contributed by atoms with Crippen molar-refractivity contribution in [2.75, 3.05) is 6.54 Å². The first kappa shape index (κ1) is 19.8. The van der Waals surface area contributed by atoms with Crippen LogP contribution in [-0.4, -0.2) is 27.2 Å². The van der Waals surface area contributed by atoms with Crippen LogP contribution in [0.3, 0.4) is 0 Å². The van der Waals surface area contributed by atoms with Crippen LogP contribution in [0.1, 0.15) is 42.3 Å². The van der Waals surface area contributed by atoms with Crippen LogP contribution >= 0.6 is 0 Å². The molecule has 2 heterocycles. The lowest BCUT2D eigenvalue weighted by molar-refractivity contribution is -0.120. The van der Waals surface area contributed by atoms with Crippen molar-refractivity contribution in [1.29, 1.82) is 0 Å². The maximum atomic E-state index is 12.7. The van der Waals surface area contributed by atoms with Crippen molar-refractivity contribution in [3.05, 3.63) is 77.4 Å². The van der Waals surface area contributed by atoms with Gasteiger partial charge in [-0.2, -0.15) is 5.10 Å². The molecule has 0 saturated carbocycles. The Morgan fingerprint density at radius 3 is 2.50 bits per heavy atom. The van der Waals surface area contributed by atoms with Crippen molar-refractivity contribution in [2.45, 2.75) is 40.0 Å². The first-order valence-corrected chi connectivity index (χ1v) is 9.74. The highest BCUT2D eigenvalue weighted by molar-refractivity contribution is 5.79. The molecular formula is C23H28N4O. The molecule has 2 aromatic heterocycles. The predicted octanol–water partition coefficient (Wildman–Crippen LogP) is 3.98. The maximum Gasteiger partial charge on any atom is 0.224 e. The summed E-state index contributed by atoms with van der Waals surface area (Å²) in [5.41, 5.74) is 5.05. The number of carbonyl (C=O) groups is 1. The van der Waals surface area contributed by atoms with E-state index in [9.17, 15) is 4.79 Å². The van der Waals surface area contributed by atoms with Crippen LogP contribution in [-0.2, 0) is 11.2 Å². The van der Waals surface area contributed by atoms with Crippen molar-refractivity contribution in [3.8, 4) is 5.69 Å². The fraction of sp³-hybridized carbons (Fsp3) is 0.348. The molecule has 1 amide bonds. The number of aryl methyl sites for hydroxylation is 1. The maximum absolute atomic E-state index is 12.7. The fourth-order valence-corrected chi connectivity index (χ4v) is 3.53. The Hall–Kier alpha value is -2.95. The molecule has 0 saturated heterocycles. The van der Waals surface area contributed by atoms with Crippen LogP contribution in [0.15, 0.2) is 54.9 Å². The van der Waals surface area contributed by atoms with E-state index in [0.717, 1.165) is 28.2 Å². The molecule has 0 radical (unpaired) electrons. The summed E-state index contributed by atoms with van der Waals surface area (Å²) < 4.78 is 1.91. The normalized spacial score (nSPS) is 12.2. The second kappa shape index (κ2) is 8.83. The SMILES string of the molecule is Cc1nn(-c2ccccc2)c(C)c1CC(=O)NC[C@H](c1cccnc1)C(C)C. The van der Waals surface area contributed by atoms with Gasteiger partial charge in [0.25, 0.3) is 0 Å². The molecule has 1 atom stereocenters. The summed E-state index contributed by atoms with van der Waals surface area (Å²) in [5, 5.41) is 7.74. The van der Waals surface area contributed by atoms with E-state index < -0.39 is 0 Å². The van der Waals surface area contributed by atoms with Crippen molar-refractivity contribution in [3.63, 3.8) is 0 Å². The molecule has 3 rings (SSSR count). The lowest BCUT2D eigenvalue weighted by Crippen LogP contribution is -2.31. The average Bonchev–Trinajstić information content (AvgIpc) is 2.97. The van der Waals surface area contributed by atoms with E-state index >= 15 is 0 Å². The largest absolute Gasteiger partial charge is 0.355 e. The van der Waals surface area contributed by atoms with E-state index in [1.165, 1.54) is 0 Å². The van der Waals surface area contributed by atoms with E-state index in [-0.39, 0.29) is 11.8 Å². The zero-order chi connectivity index (χ0) is 20.1. The third-order valence-electron chi connectivity index (χ3n) is 5.22. The molecule has 0 aliphatic carbocycles. The van der Waals surface area contributed by atoms with Crippen molar-refractivity contribution in [1.82, 2.24) is 20.1 Å². The number of hydrogen-bond donors (Lipinski definition) is 1. The summed E-state index contributed by atoms with van der Waals surface area (Å²) >= 11 is 0. The van der Waals surface area contributed by atoms with Crippen LogP contribution < -0.4 is 5.32 Å². The summed E-state index contributed by atoms with van der Waals surface area (Å²) in [5.74, 6) is 0.675. The van der Waals surface area contributed by atoms with Gasteiger partial charge in [-0.1, -0.05) is 38.1 Å². The second-order valence-corrected chi connectivity index (χ2v) is 7.51. The first-order chi connectivity index (χ1) is 13.5. The van der Waals surface area contributed by atoms with Gasteiger partial charge < -0.3 is 5.32 Å². The molecular weight excluding hydrogens is 348 g/mol. The quantitative estimate of drug-likeness (QED) is 0.678. The number of amides is 1. The predicted molar refractivity (Wildman–Crippen MR) is 112 cm³/mol. The summed E-state index contributed by atoms with van der Waals surface area (Å²) in [6.07, 6.45) is 3.99. The number of pyridine rings is 1. The van der Waals surface area contributed by atoms with E-state index in [2.05, 4.69) is 35.3 Å². The first-order valence-electron chi connectivity index (χ1n) is 9.74. The number of para-hydroxylation sites is 1. The van der Waals surface area contributed by atoms with Gasteiger partial charge in [-0.25, -0.2) is 4.68 Å². The van der Waals surface area contributed by atoms with E-state index in [1.807, 2.05) is 61.1 Å². The van der Waals surface area contributed by atoms with Crippen LogP contribution in [0.25, 0.3) is 5.69 Å². The lowest BCUT2D eigenvalue weighted by atomic mass is 9.89. The smallest absolute Gasteiger partial charge is 0.224 e. The lowest BCUT2D eigenvalue weighted by Gasteiger charge is -2.21. The van der Waals surface area contributed by atoms with Gasteiger partial charge in [-0.15, -0.1) is 0 Å². The molecule has 3 aromatic rings. The number of hydrogen-bond acceptors (Lipinski definition) is 3. The third kappa shape index (κ3) is 4.47. The number of nitrogens with one attached hydrogen (secondary N) is 1. The minimum atomic E-state index is 0.0216. The summed E-state index contributed by atoms with van der Waals surface area (Å²) in [6, 6.07) is 14.0. The molecule has 0 fully saturated rings. The summed E-state index contributed by atoms with van der Waals surface area (Å²) in [4.78, 5) is 16.9. The van der Waals surface area contributed by atoms with E-state index in [0.29, 0.717) is 18.9 Å². The number of aromatic nitrogens is 3. The van der Waals surface area contributed by atoms with Gasteiger partial charge in [-0.05, 0) is 43.5 Å². The Balaban J connectivity index is 1.69. The molecule has 1 aromatic carbocycles. The molecule has 0 aliphatic heterocycles. The number of nitrogens with zero attached hydrogens (tertiary/aromatic N) is 3. The van der Waals surface area contributed by atoms with Gasteiger partial charge in [0.1, 0.15) is 0 Å². The topological polar surface area (TPSA) is 59.8 Å². The molecule has 5 heteroatoms. The molecule has 1 N–H and O–H groups in total. The highest BCUT2D eigenvalue weighted by Gasteiger charge is 2.19. The highest BCUT2D eigenvalue weighted by Crippen LogP contribution is 2.23. The fourth-order valence-electron chi connectivity index (χ4n) is 3.53. The van der Waals surface area contributed by atoms with Gasteiger partial charge in [0.05, 0.1) is 17.8 Å². The minimum absolute atomic E-state index is 0.0216. The van der Waals surface area contributed by atoms with Gasteiger partial charge in [-0.3, -0.25) is 9.78 Å². The number of rotatable bonds is 7. The highest BCUT2D eigenvalue weighted by atomic mass is 16.1. The molecule has 0 aliphatic rings. The zero-order valence-corrected chi connectivity index (χ0v) is 17.0. The number of carbonyl (C=O) groups excluding carboxylic acids is 1. The summed E-state index contributed by atoms with van der Waals surface area (Å²) in [7, 11) is 0. The van der Waals surface area contributed by atoms with Gasteiger partial charge >= 0.3 is 0 Å².